The van der Waals surface area contributed by atoms with Crippen LogP contribution in [-0.4, -0.2) is 18.8 Å². The molecule has 3 unspecified atom stereocenters. The van der Waals surface area contributed by atoms with Crippen molar-refractivity contribution in [2.75, 3.05) is 6.61 Å². The van der Waals surface area contributed by atoms with Crippen molar-refractivity contribution in [3.8, 4) is 0 Å². The van der Waals surface area contributed by atoms with Gasteiger partial charge in [0.1, 0.15) is 0 Å². The van der Waals surface area contributed by atoms with Gasteiger partial charge in [-0.1, -0.05) is 6.42 Å². The highest BCUT2D eigenvalue weighted by atomic mass is 16.5. The quantitative estimate of drug-likeness (QED) is 0.546. The van der Waals surface area contributed by atoms with Crippen molar-refractivity contribution >= 4 is 0 Å². The van der Waals surface area contributed by atoms with E-state index in [1.807, 2.05) is 6.26 Å². The van der Waals surface area contributed by atoms with Gasteiger partial charge in [0.05, 0.1) is 25.1 Å². The molecule has 2 aliphatic heterocycles. The summed E-state index contributed by atoms with van der Waals surface area (Å²) in [6.45, 7) is 0.890. The molecule has 2 heteroatoms. The maximum absolute atomic E-state index is 5.86. The molecule has 0 amide bonds. The Balaban J connectivity index is 1.35. The number of fused-ring (bicyclic) bond motifs is 2. The topological polar surface area (TPSA) is 18.5 Å². The van der Waals surface area contributed by atoms with Crippen LogP contribution < -0.4 is 0 Å². The van der Waals surface area contributed by atoms with Crippen molar-refractivity contribution in [3.63, 3.8) is 0 Å². The predicted molar refractivity (Wildman–Crippen MR) is 67.7 cm³/mol. The van der Waals surface area contributed by atoms with Crippen molar-refractivity contribution in [1.29, 1.82) is 0 Å². The molecule has 0 N–H and O–H groups in total. The average Bonchev–Trinajstić information content (AvgIpc) is 2.98. The van der Waals surface area contributed by atoms with Gasteiger partial charge in [-0.25, -0.2) is 0 Å². The van der Waals surface area contributed by atoms with E-state index in [0.717, 1.165) is 12.5 Å². The molecule has 3 fully saturated rings. The highest BCUT2D eigenvalue weighted by molar-refractivity contribution is 5.00. The Bertz CT molecular complexity index is 277. The van der Waals surface area contributed by atoms with Crippen molar-refractivity contribution in [1.82, 2.24) is 0 Å². The van der Waals surface area contributed by atoms with E-state index in [9.17, 15) is 0 Å². The molecular weight excluding hydrogens is 212 g/mol. The molecule has 2 heterocycles. The first-order valence-electron chi connectivity index (χ1n) is 7.37. The number of allylic oxidation sites excluding steroid dienone is 1. The van der Waals surface area contributed by atoms with Crippen LogP contribution in [0, 0.1) is 5.92 Å². The summed E-state index contributed by atoms with van der Waals surface area (Å²) in [5.74, 6) is 0.776. The molecule has 17 heavy (non-hydrogen) atoms. The average molecular weight is 236 g/mol. The first-order chi connectivity index (χ1) is 8.42. The second kappa shape index (κ2) is 5.43. The van der Waals surface area contributed by atoms with Crippen LogP contribution >= 0.6 is 0 Å². The molecule has 2 bridgehead atoms. The van der Waals surface area contributed by atoms with E-state index in [2.05, 4.69) is 0 Å². The zero-order valence-electron chi connectivity index (χ0n) is 10.7. The minimum absolute atomic E-state index is 0.561. The van der Waals surface area contributed by atoms with Gasteiger partial charge in [-0.3, -0.25) is 0 Å². The highest BCUT2D eigenvalue weighted by Crippen LogP contribution is 2.40. The van der Waals surface area contributed by atoms with Crippen LogP contribution in [0.4, 0.5) is 0 Å². The molecule has 0 aromatic rings. The first-order valence-corrected chi connectivity index (χ1v) is 7.37. The fourth-order valence-corrected chi connectivity index (χ4v) is 3.57. The van der Waals surface area contributed by atoms with Gasteiger partial charge in [0.2, 0.25) is 0 Å². The highest BCUT2D eigenvalue weighted by Gasteiger charge is 2.40. The Morgan fingerprint density at radius 2 is 2.06 bits per heavy atom. The van der Waals surface area contributed by atoms with Gasteiger partial charge in [-0.15, -0.1) is 0 Å². The van der Waals surface area contributed by atoms with E-state index in [4.69, 9.17) is 9.47 Å². The van der Waals surface area contributed by atoms with E-state index in [1.54, 1.807) is 0 Å². The summed E-state index contributed by atoms with van der Waals surface area (Å²) in [6, 6.07) is 0. The van der Waals surface area contributed by atoms with Crippen molar-refractivity contribution in [2.45, 2.75) is 70.0 Å². The summed E-state index contributed by atoms with van der Waals surface area (Å²) in [4.78, 5) is 0. The largest absolute Gasteiger partial charge is 0.501 e. The van der Waals surface area contributed by atoms with Crippen molar-refractivity contribution in [3.05, 3.63) is 11.8 Å². The van der Waals surface area contributed by atoms with E-state index in [1.165, 1.54) is 63.4 Å². The summed E-state index contributed by atoms with van der Waals surface area (Å²) in [7, 11) is 0. The predicted octanol–water partition coefficient (Wildman–Crippen LogP) is 3.81. The van der Waals surface area contributed by atoms with Gasteiger partial charge in [0.25, 0.3) is 0 Å². The summed E-state index contributed by atoms with van der Waals surface area (Å²) in [5, 5.41) is 0. The third-order valence-electron chi connectivity index (χ3n) is 4.58. The molecule has 2 saturated heterocycles. The number of hydrogen-bond donors (Lipinski definition) is 0. The molecule has 0 aromatic carbocycles. The molecule has 96 valence electrons. The van der Waals surface area contributed by atoms with Gasteiger partial charge >= 0.3 is 0 Å². The van der Waals surface area contributed by atoms with Gasteiger partial charge in [0, 0.05) is 0 Å². The lowest BCUT2D eigenvalue weighted by Gasteiger charge is -2.18. The molecule has 3 aliphatic rings. The summed E-state index contributed by atoms with van der Waals surface area (Å²) in [5.41, 5.74) is 1.53. The van der Waals surface area contributed by atoms with Crippen LogP contribution in [0.3, 0.4) is 0 Å². The van der Waals surface area contributed by atoms with Crippen LogP contribution in [0.15, 0.2) is 11.8 Å². The summed E-state index contributed by atoms with van der Waals surface area (Å²) >= 11 is 0. The van der Waals surface area contributed by atoms with E-state index >= 15 is 0 Å². The molecule has 3 atom stereocenters. The van der Waals surface area contributed by atoms with Gasteiger partial charge in [0.15, 0.2) is 0 Å². The van der Waals surface area contributed by atoms with E-state index in [0.29, 0.717) is 12.2 Å². The third-order valence-corrected chi connectivity index (χ3v) is 4.58. The molecule has 1 aliphatic carbocycles. The Hall–Kier alpha value is -0.500. The Labute approximate surface area is 104 Å². The van der Waals surface area contributed by atoms with Crippen molar-refractivity contribution in [2.24, 2.45) is 5.92 Å². The Morgan fingerprint density at radius 1 is 1.18 bits per heavy atom. The number of hydrogen-bond acceptors (Lipinski definition) is 2. The Kier molecular flexibility index (Phi) is 3.70. The maximum Gasteiger partial charge on any atom is 0.0876 e. The first kappa shape index (κ1) is 11.6. The van der Waals surface area contributed by atoms with Crippen LogP contribution in [0.2, 0.25) is 0 Å². The van der Waals surface area contributed by atoms with Crippen LogP contribution in [0.25, 0.3) is 0 Å². The SMILES string of the molecule is C(OCCC1CC2CCC1O2)=C1CCCCC1. The Morgan fingerprint density at radius 3 is 2.76 bits per heavy atom. The number of ether oxygens (including phenoxy) is 2. The molecule has 1 saturated carbocycles. The third kappa shape index (κ3) is 2.85. The molecule has 0 spiro atoms. The molecule has 3 rings (SSSR count). The molecular formula is C15H24O2. The fraction of sp³-hybridized carbons (Fsp3) is 0.867. The fourth-order valence-electron chi connectivity index (χ4n) is 3.57. The van der Waals surface area contributed by atoms with Gasteiger partial charge in [-0.05, 0) is 62.9 Å². The van der Waals surface area contributed by atoms with Crippen LogP contribution in [-0.2, 0) is 9.47 Å². The van der Waals surface area contributed by atoms with E-state index in [-0.39, 0.29) is 0 Å². The molecule has 0 radical (unpaired) electrons. The minimum Gasteiger partial charge on any atom is -0.501 e. The lowest BCUT2D eigenvalue weighted by molar-refractivity contribution is 0.0865. The van der Waals surface area contributed by atoms with E-state index < -0.39 is 0 Å². The normalized spacial score (nSPS) is 36.2. The second-order valence-corrected chi connectivity index (χ2v) is 5.87. The lowest BCUT2D eigenvalue weighted by atomic mass is 9.87. The maximum atomic E-state index is 5.86. The van der Waals surface area contributed by atoms with Crippen molar-refractivity contribution < 1.29 is 9.47 Å². The zero-order valence-corrected chi connectivity index (χ0v) is 10.7. The molecule has 0 aromatic heterocycles. The second-order valence-electron chi connectivity index (χ2n) is 5.87. The van der Waals surface area contributed by atoms with Crippen LogP contribution in [0.5, 0.6) is 0 Å². The zero-order chi connectivity index (χ0) is 11.5. The lowest BCUT2D eigenvalue weighted by Crippen LogP contribution is -2.17. The number of rotatable bonds is 4. The standard InChI is InChI=1S/C15H24O2/c1-2-4-12(5-3-1)11-16-9-8-13-10-14-6-7-15(13)17-14/h11,13-15H,1-10H2. The van der Waals surface area contributed by atoms with Gasteiger partial charge < -0.3 is 9.47 Å². The minimum atomic E-state index is 0.561. The smallest absolute Gasteiger partial charge is 0.0876 e. The monoisotopic (exact) mass is 236 g/mol. The molecule has 2 nitrogen and oxygen atoms in total. The summed E-state index contributed by atoms with van der Waals surface area (Å²) in [6.07, 6.45) is 14.9. The van der Waals surface area contributed by atoms with Crippen LogP contribution in [0.1, 0.15) is 57.8 Å². The summed E-state index contributed by atoms with van der Waals surface area (Å²) < 4.78 is 11.6. The van der Waals surface area contributed by atoms with Gasteiger partial charge in [-0.2, -0.15) is 0 Å².